The molecule has 0 saturated carbocycles. The second-order valence-corrected chi connectivity index (χ2v) is 2.75. The fraction of sp³-hybridized carbons (Fsp3) is 1.00. The summed E-state index contributed by atoms with van der Waals surface area (Å²) in [5.74, 6) is 0. The van der Waals surface area contributed by atoms with Crippen LogP contribution in [0, 0.1) is 0 Å². The highest BCUT2D eigenvalue weighted by Crippen LogP contribution is 1.85. The number of ether oxygens (including phenoxy) is 2. The summed E-state index contributed by atoms with van der Waals surface area (Å²) in [6.07, 6.45) is 0. The average Bonchev–Trinajstić information content (AvgIpc) is 2.08. The molecular formula is C8H19NO3. The van der Waals surface area contributed by atoms with Gasteiger partial charge < -0.3 is 19.5 Å². The van der Waals surface area contributed by atoms with Gasteiger partial charge in [0.25, 0.3) is 0 Å². The van der Waals surface area contributed by atoms with Crippen LogP contribution in [-0.2, 0) is 9.47 Å². The van der Waals surface area contributed by atoms with Crippen molar-refractivity contribution >= 4 is 0 Å². The molecule has 12 heavy (non-hydrogen) atoms. The Morgan fingerprint density at radius 1 is 1.08 bits per heavy atom. The summed E-state index contributed by atoms with van der Waals surface area (Å²) < 4.78 is 9.89. The van der Waals surface area contributed by atoms with Crippen LogP contribution in [-0.4, -0.2) is 63.7 Å². The van der Waals surface area contributed by atoms with Gasteiger partial charge in [-0.2, -0.15) is 0 Å². The monoisotopic (exact) mass is 177 g/mol. The lowest BCUT2D eigenvalue weighted by molar-refractivity contribution is -0.0334. The topological polar surface area (TPSA) is 41.9 Å². The normalized spacial score (nSPS) is 17.0. The number of aliphatic hydroxyl groups is 1. The van der Waals surface area contributed by atoms with Crippen molar-refractivity contribution in [3.05, 3.63) is 0 Å². The molecule has 1 aliphatic heterocycles. The Kier molecular flexibility index (Phi) is 8.81. The second kappa shape index (κ2) is 8.93. The maximum absolute atomic E-state index is 8.20. The van der Waals surface area contributed by atoms with E-state index < -0.39 is 0 Å². The van der Waals surface area contributed by atoms with E-state index in [2.05, 4.69) is 0 Å². The first-order valence-electron chi connectivity index (χ1n) is 4.18. The molecule has 1 saturated heterocycles. The average molecular weight is 177 g/mol. The molecule has 0 aliphatic carbocycles. The zero-order valence-electron chi connectivity index (χ0n) is 7.95. The van der Waals surface area contributed by atoms with Crippen LogP contribution in [0.4, 0.5) is 0 Å². The van der Waals surface area contributed by atoms with Gasteiger partial charge in [0, 0.05) is 6.54 Å². The summed E-state index contributed by atoms with van der Waals surface area (Å²) in [6, 6.07) is 0. The minimum absolute atomic E-state index is 0.257. The van der Waals surface area contributed by atoms with Crippen LogP contribution in [0.5, 0.6) is 0 Å². The summed E-state index contributed by atoms with van der Waals surface area (Å²) in [4.78, 5) is 1.93. The predicted octanol–water partition coefficient (Wildman–Crippen LogP) is -0.426. The molecule has 0 aromatic heterocycles. The van der Waals surface area contributed by atoms with Crippen molar-refractivity contribution in [3.63, 3.8) is 0 Å². The Hall–Kier alpha value is -0.160. The molecule has 0 radical (unpaired) electrons. The van der Waals surface area contributed by atoms with Gasteiger partial charge in [0.05, 0.1) is 33.0 Å². The largest absolute Gasteiger partial charge is 0.395 e. The van der Waals surface area contributed by atoms with Crippen LogP contribution in [0.25, 0.3) is 0 Å². The third-order valence-corrected chi connectivity index (χ3v) is 1.29. The highest BCUT2D eigenvalue weighted by atomic mass is 16.6. The molecule has 4 nitrogen and oxygen atoms in total. The van der Waals surface area contributed by atoms with E-state index in [1.165, 1.54) is 0 Å². The van der Waals surface area contributed by atoms with Gasteiger partial charge >= 0.3 is 0 Å². The van der Waals surface area contributed by atoms with Crippen LogP contribution in [0.2, 0.25) is 0 Å². The van der Waals surface area contributed by atoms with E-state index >= 15 is 0 Å². The first kappa shape index (κ1) is 11.8. The second-order valence-electron chi connectivity index (χ2n) is 2.75. The molecule has 74 valence electrons. The molecule has 1 fully saturated rings. The molecule has 1 aliphatic rings. The zero-order chi connectivity index (χ0) is 9.23. The summed E-state index contributed by atoms with van der Waals surface area (Å²) in [6.45, 7) is 4.13. The van der Waals surface area contributed by atoms with E-state index in [0.717, 1.165) is 33.0 Å². The third kappa shape index (κ3) is 9.84. The van der Waals surface area contributed by atoms with Crippen LogP contribution in [0.15, 0.2) is 0 Å². The Balaban J connectivity index is 0.000000202. The quantitative estimate of drug-likeness (QED) is 0.621. The van der Waals surface area contributed by atoms with Crippen molar-refractivity contribution in [2.75, 3.05) is 53.7 Å². The first-order chi connectivity index (χ1) is 5.77. The molecule has 0 aromatic rings. The maximum atomic E-state index is 8.20. The fourth-order valence-electron chi connectivity index (χ4n) is 0.640. The van der Waals surface area contributed by atoms with Crippen LogP contribution in [0.1, 0.15) is 0 Å². The van der Waals surface area contributed by atoms with E-state index in [1.54, 1.807) is 0 Å². The number of hydrogen-bond donors (Lipinski definition) is 1. The molecule has 0 bridgehead atoms. The van der Waals surface area contributed by atoms with E-state index in [-0.39, 0.29) is 6.61 Å². The van der Waals surface area contributed by atoms with Gasteiger partial charge in [-0.15, -0.1) is 0 Å². The highest BCUT2D eigenvalue weighted by Gasteiger charge is 1.94. The molecule has 0 spiro atoms. The van der Waals surface area contributed by atoms with Gasteiger partial charge in [0.15, 0.2) is 0 Å². The van der Waals surface area contributed by atoms with Crippen LogP contribution >= 0.6 is 0 Å². The van der Waals surface area contributed by atoms with E-state index in [4.69, 9.17) is 14.6 Å². The Morgan fingerprint density at radius 2 is 1.50 bits per heavy atom. The van der Waals surface area contributed by atoms with Gasteiger partial charge in [-0.25, -0.2) is 0 Å². The van der Waals surface area contributed by atoms with Gasteiger partial charge in [0.1, 0.15) is 0 Å². The zero-order valence-corrected chi connectivity index (χ0v) is 7.95. The summed E-state index contributed by atoms with van der Waals surface area (Å²) in [5, 5.41) is 8.20. The number of aliphatic hydroxyl groups excluding tert-OH is 1. The lowest BCUT2D eigenvalue weighted by Crippen LogP contribution is -2.16. The molecular weight excluding hydrogens is 158 g/mol. The number of nitrogens with zero attached hydrogens (tertiary/aromatic N) is 1. The molecule has 1 rings (SSSR count). The van der Waals surface area contributed by atoms with Crippen LogP contribution in [0.3, 0.4) is 0 Å². The molecule has 0 aromatic carbocycles. The Morgan fingerprint density at radius 3 is 1.58 bits per heavy atom. The van der Waals surface area contributed by atoms with E-state index in [1.807, 2.05) is 19.0 Å². The van der Waals surface area contributed by atoms with Gasteiger partial charge in [-0.1, -0.05) is 0 Å². The Labute approximate surface area is 74.1 Å². The third-order valence-electron chi connectivity index (χ3n) is 1.29. The summed E-state index contributed by atoms with van der Waals surface area (Å²) in [5.41, 5.74) is 0. The molecule has 0 unspecified atom stereocenters. The minimum atomic E-state index is 0.257. The van der Waals surface area contributed by atoms with E-state index in [9.17, 15) is 0 Å². The van der Waals surface area contributed by atoms with Crippen molar-refractivity contribution < 1.29 is 14.6 Å². The Bertz CT molecular complexity index is 72.9. The number of hydrogen-bond acceptors (Lipinski definition) is 4. The molecule has 0 atom stereocenters. The number of rotatable bonds is 2. The van der Waals surface area contributed by atoms with Crippen molar-refractivity contribution in [1.82, 2.24) is 4.90 Å². The van der Waals surface area contributed by atoms with Crippen molar-refractivity contribution in [1.29, 1.82) is 0 Å². The van der Waals surface area contributed by atoms with Crippen molar-refractivity contribution in [2.24, 2.45) is 0 Å². The van der Waals surface area contributed by atoms with Crippen molar-refractivity contribution in [2.45, 2.75) is 0 Å². The standard InChI is InChI=1S/C4H11NO.C4H8O2/c1-5(2)3-4-6;1-2-6-4-3-5-1/h6H,3-4H2,1-2H3;1-4H2. The lowest BCUT2D eigenvalue weighted by atomic mass is 10.6. The summed E-state index contributed by atoms with van der Waals surface area (Å²) >= 11 is 0. The van der Waals surface area contributed by atoms with Gasteiger partial charge in [0.2, 0.25) is 0 Å². The predicted molar refractivity (Wildman–Crippen MR) is 47.3 cm³/mol. The minimum Gasteiger partial charge on any atom is -0.395 e. The molecule has 0 amide bonds. The fourth-order valence-corrected chi connectivity index (χ4v) is 0.640. The van der Waals surface area contributed by atoms with Crippen LogP contribution < -0.4 is 0 Å². The first-order valence-corrected chi connectivity index (χ1v) is 4.18. The van der Waals surface area contributed by atoms with Crippen molar-refractivity contribution in [3.8, 4) is 0 Å². The maximum Gasteiger partial charge on any atom is 0.0701 e. The molecule has 1 N–H and O–H groups in total. The smallest absolute Gasteiger partial charge is 0.0701 e. The number of likely N-dealkylation sites (N-methyl/N-ethyl adjacent to an activating group) is 1. The lowest BCUT2D eigenvalue weighted by Gasteiger charge is -2.09. The van der Waals surface area contributed by atoms with Gasteiger partial charge in [-0.3, -0.25) is 0 Å². The molecule has 4 heteroatoms. The highest BCUT2D eigenvalue weighted by molar-refractivity contribution is 4.37. The molecule has 1 heterocycles. The van der Waals surface area contributed by atoms with Gasteiger partial charge in [-0.05, 0) is 14.1 Å². The summed E-state index contributed by atoms with van der Waals surface area (Å²) in [7, 11) is 3.85. The SMILES string of the molecule is C1COCCO1.CN(C)CCO. The van der Waals surface area contributed by atoms with E-state index in [0.29, 0.717) is 0 Å².